The summed E-state index contributed by atoms with van der Waals surface area (Å²) in [5, 5.41) is 12.5. The second kappa shape index (κ2) is 4.46. The van der Waals surface area contributed by atoms with E-state index < -0.39 is 6.10 Å². The van der Waals surface area contributed by atoms with Crippen molar-refractivity contribution in [1.82, 2.24) is 4.98 Å². The third-order valence-corrected chi connectivity index (χ3v) is 4.53. The zero-order valence-corrected chi connectivity index (χ0v) is 10.9. The van der Waals surface area contributed by atoms with E-state index in [1.165, 1.54) is 22.5 Å². The molecule has 1 unspecified atom stereocenters. The molecule has 0 saturated heterocycles. The summed E-state index contributed by atoms with van der Waals surface area (Å²) >= 11 is 1.51. The first kappa shape index (κ1) is 11.8. The van der Waals surface area contributed by atoms with Crippen LogP contribution in [0.25, 0.3) is 0 Å². The number of thiazole rings is 1. The van der Waals surface area contributed by atoms with E-state index in [1.807, 2.05) is 17.5 Å². The standard InChI is InChI=1S/C14H16N2OS/c15-8-14(13(17)12-7-18-9-16-12)5-10-3-1-2-4-11(10)6-14/h1-4,7,9,13,17H,5-6,8,15H2. The van der Waals surface area contributed by atoms with Crippen LogP contribution in [0.3, 0.4) is 0 Å². The smallest absolute Gasteiger partial charge is 0.104 e. The number of aliphatic hydroxyl groups excluding tert-OH is 1. The highest BCUT2D eigenvalue weighted by atomic mass is 32.1. The number of benzene rings is 1. The van der Waals surface area contributed by atoms with Crippen molar-refractivity contribution < 1.29 is 5.11 Å². The molecule has 2 aromatic rings. The van der Waals surface area contributed by atoms with Gasteiger partial charge >= 0.3 is 0 Å². The van der Waals surface area contributed by atoms with Gasteiger partial charge in [0.25, 0.3) is 0 Å². The second-order valence-electron chi connectivity index (χ2n) is 5.00. The van der Waals surface area contributed by atoms with Crippen molar-refractivity contribution in [3.05, 3.63) is 52.0 Å². The molecule has 94 valence electrons. The monoisotopic (exact) mass is 260 g/mol. The molecule has 1 aliphatic carbocycles. The van der Waals surface area contributed by atoms with Gasteiger partial charge in [-0.05, 0) is 24.0 Å². The van der Waals surface area contributed by atoms with E-state index in [2.05, 4.69) is 17.1 Å². The molecular weight excluding hydrogens is 244 g/mol. The van der Waals surface area contributed by atoms with Gasteiger partial charge in [0.2, 0.25) is 0 Å². The van der Waals surface area contributed by atoms with Crippen molar-refractivity contribution in [2.75, 3.05) is 6.54 Å². The zero-order valence-electron chi connectivity index (χ0n) is 10.0. The first-order chi connectivity index (χ1) is 8.75. The van der Waals surface area contributed by atoms with E-state index in [-0.39, 0.29) is 5.41 Å². The Balaban J connectivity index is 1.95. The lowest BCUT2D eigenvalue weighted by Gasteiger charge is -2.32. The summed E-state index contributed by atoms with van der Waals surface area (Å²) in [6, 6.07) is 8.34. The van der Waals surface area contributed by atoms with E-state index >= 15 is 0 Å². The molecular formula is C14H16N2OS. The molecule has 0 bridgehead atoms. The van der Waals surface area contributed by atoms with Crippen molar-refractivity contribution in [3.63, 3.8) is 0 Å². The summed E-state index contributed by atoms with van der Waals surface area (Å²) < 4.78 is 0. The summed E-state index contributed by atoms with van der Waals surface area (Å²) in [6.45, 7) is 0.473. The minimum Gasteiger partial charge on any atom is -0.386 e. The third kappa shape index (κ3) is 1.77. The minimum atomic E-state index is -0.582. The van der Waals surface area contributed by atoms with Gasteiger partial charge in [-0.3, -0.25) is 0 Å². The number of fused-ring (bicyclic) bond motifs is 1. The molecule has 0 saturated carbocycles. The Hall–Kier alpha value is -1.23. The van der Waals surface area contributed by atoms with Crippen LogP contribution in [0.15, 0.2) is 35.2 Å². The van der Waals surface area contributed by atoms with E-state index in [9.17, 15) is 5.11 Å². The molecule has 3 N–H and O–H groups in total. The number of nitrogens with two attached hydrogens (primary N) is 1. The molecule has 1 atom stereocenters. The summed E-state index contributed by atoms with van der Waals surface area (Å²) in [7, 11) is 0. The van der Waals surface area contributed by atoms with Gasteiger partial charge in [-0.1, -0.05) is 24.3 Å². The lowest BCUT2D eigenvalue weighted by atomic mass is 9.78. The Bertz CT molecular complexity index is 513. The van der Waals surface area contributed by atoms with Crippen LogP contribution in [-0.4, -0.2) is 16.6 Å². The van der Waals surface area contributed by atoms with Crippen LogP contribution in [-0.2, 0) is 12.8 Å². The summed E-state index contributed by atoms with van der Waals surface area (Å²) in [5.74, 6) is 0. The lowest BCUT2D eigenvalue weighted by Crippen LogP contribution is -2.37. The van der Waals surface area contributed by atoms with Crippen LogP contribution in [0.5, 0.6) is 0 Å². The molecule has 3 nitrogen and oxygen atoms in total. The van der Waals surface area contributed by atoms with Crippen LogP contribution in [0, 0.1) is 5.41 Å². The molecule has 0 aliphatic heterocycles. The Morgan fingerprint density at radius 3 is 2.50 bits per heavy atom. The first-order valence-corrected chi connectivity index (χ1v) is 7.02. The maximum atomic E-state index is 10.6. The molecule has 3 rings (SSSR count). The number of hydrogen-bond acceptors (Lipinski definition) is 4. The van der Waals surface area contributed by atoms with Crippen molar-refractivity contribution in [1.29, 1.82) is 0 Å². The topological polar surface area (TPSA) is 59.1 Å². The second-order valence-corrected chi connectivity index (χ2v) is 5.72. The Kier molecular flexibility index (Phi) is 2.93. The fourth-order valence-corrected chi connectivity index (χ4v) is 3.42. The third-order valence-electron chi connectivity index (χ3n) is 3.92. The van der Waals surface area contributed by atoms with Gasteiger partial charge < -0.3 is 10.8 Å². The summed E-state index contributed by atoms with van der Waals surface area (Å²) in [5.41, 5.74) is 10.8. The molecule has 0 fully saturated rings. The van der Waals surface area contributed by atoms with Crippen LogP contribution in [0.1, 0.15) is 22.9 Å². The van der Waals surface area contributed by atoms with E-state index in [0.29, 0.717) is 6.54 Å². The number of nitrogens with zero attached hydrogens (tertiary/aromatic N) is 1. The van der Waals surface area contributed by atoms with Gasteiger partial charge in [0.05, 0.1) is 11.2 Å². The zero-order chi connectivity index (χ0) is 12.6. The molecule has 1 heterocycles. The highest BCUT2D eigenvalue weighted by molar-refractivity contribution is 7.07. The van der Waals surface area contributed by atoms with Crippen molar-refractivity contribution in [2.24, 2.45) is 11.1 Å². The number of rotatable bonds is 3. The fourth-order valence-electron chi connectivity index (χ4n) is 2.84. The SMILES string of the molecule is NCC1(C(O)c2cscn2)Cc2ccccc2C1. The van der Waals surface area contributed by atoms with Gasteiger partial charge in [0.1, 0.15) is 6.10 Å². The molecule has 1 aromatic carbocycles. The Morgan fingerprint density at radius 1 is 1.33 bits per heavy atom. The average Bonchev–Trinajstić information content (AvgIpc) is 3.05. The van der Waals surface area contributed by atoms with Crippen molar-refractivity contribution in [3.8, 4) is 0 Å². The highest BCUT2D eigenvalue weighted by Gasteiger charge is 2.43. The van der Waals surface area contributed by atoms with E-state index in [4.69, 9.17) is 5.73 Å². The molecule has 4 heteroatoms. The van der Waals surface area contributed by atoms with Crippen LogP contribution in [0.4, 0.5) is 0 Å². The first-order valence-electron chi connectivity index (χ1n) is 6.08. The van der Waals surface area contributed by atoms with Crippen molar-refractivity contribution in [2.45, 2.75) is 18.9 Å². The molecule has 1 aliphatic rings. The predicted octanol–water partition coefficient (Wildman–Crippen LogP) is 1.92. The molecule has 18 heavy (non-hydrogen) atoms. The van der Waals surface area contributed by atoms with Crippen LogP contribution in [0.2, 0.25) is 0 Å². The largest absolute Gasteiger partial charge is 0.386 e. The van der Waals surface area contributed by atoms with Crippen LogP contribution >= 0.6 is 11.3 Å². The maximum Gasteiger partial charge on any atom is 0.104 e. The summed E-state index contributed by atoms with van der Waals surface area (Å²) in [4.78, 5) is 4.23. The highest BCUT2D eigenvalue weighted by Crippen LogP contribution is 2.44. The average molecular weight is 260 g/mol. The minimum absolute atomic E-state index is 0.294. The Labute approximate surface area is 110 Å². The summed E-state index contributed by atoms with van der Waals surface area (Å²) in [6.07, 6.45) is 1.08. The molecule has 0 radical (unpaired) electrons. The van der Waals surface area contributed by atoms with Crippen molar-refractivity contribution >= 4 is 11.3 Å². The quantitative estimate of drug-likeness (QED) is 0.886. The van der Waals surface area contributed by atoms with Gasteiger partial charge in [-0.25, -0.2) is 4.98 Å². The lowest BCUT2D eigenvalue weighted by molar-refractivity contribution is 0.0329. The van der Waals surface area contributed by atoms with E-state index in [1.54, 1.807) is 5.51 Å². The fraction of sp³-hybridized carbons (Fsp3) is 0.357. The maximum absolute atomic E-state index is 10.6. The molecule has 1 aromatic heterocycles. The van der Waals surface area contributed by atoms with Gasteiger partial charge in [0.15, 0.2) is 0 Å². The number of aromatic nitrogens is 1. The normalized spacial score (nSPS) is 18.6. The van der Waals surface area contributed by atoms with E-state index in [0.717, 1.165) is 18.5 Å². The number of aliphatic hydroxyl groups is 1. The molecule has 0 amide bonds. The van der Waals surface area contributed by atoms with Gasteiger partial charge in [-0.2, -0.15) is 0 Å². The Morgan fingerprint density at radius 2 is 2.00 bits per heavy atom. The van der Waals surface area contributed by atoms with Crippen LogP contribution < -0.4 is 5.73 Å². The van der Waals surface area contributed by atoms with Gasteiger partial charge in [-0.15, -0.1) is 11.3 Å². The van der Waals surface area contributed by atoms with Gasteiger partial charge in [0, 0.05) is 17.3 Å². The predicted molar refractivity (Wildman–Crippen MR) is 72.4 cm³/mol. The molecule has 0 spiro atoms. The number of hydrogen-bond donors (Lipinski definition) is 2.